The van der Waals surface area contributed by atoms with Crippen molar-refractivity contribution in [3.8, 4) is 0 Å². The molecule has 5 heteroatoms. The normalized spacial score (nSPS) is 15.9. The molecule has 1 aliphatic heterocycles. The summed E-state index contributed by atoms with van der Waals surface area (Å²) in [6.07, 6.45) is 1.33. The first-order chi connectivity index (χ1) is 10.0. The number of halogens is 2. The van der Waals surface area contributed by atoms with Gasteiger partial charge in [-0.15, -0.1) is 0 Å². The van der Waals surface area contributed by atoms with E-state index in [1.807, 2.05) is 24.3 Å². The zero-order valence-electron chi connectivity index (χ0n) is 11.1. The van der Waals surface area contributed by atoms with Crippen LogP contribution in [0.3, 0.4) is 0 Å². The second-order valence-electron chi connectivity index (χ2n) is 4.66. The Bertz CT molecular complexity index is 735. The lowest BCUT2D eigenvalue weighted by atomic mass is 10.1. The molecule has 0 aliphatic carbocycles. The summed E-state index contributed by atoms with van der Waals surface area (Å²) in [6, 6.07) is 12.7. The summed E-state index contributed by atoms with van der Waals surface area (Å²) in [4.78, 5) is 13.4. The standard InChI is InChI=1S/C16H11Cl2NO2/c1-19-14-5-3-2-4-13(14)15(21-16(19)20)8-10-6-11(17)9-12(18)7-10/h2-9H,1H3/b15-8-. The van der Waals surface area contributed by atoms with Gasteiger partial charge in [0.1, 0.15) is 5.76 Å². The van der Waals surface area contributed by atoms with Crippen LogP contribution in [0.15, 0.2) is 42.5 Å². The fourth-order valence-corrected chi connectivity index (χ4v) is 2.75. The average Bonchev–Trinajstić information content (AvgIpc) is 2.43. The zero-order chi connectivity index (χ0) is 15.0. The van der Waals surface area contributed by atoms with Gasteiger partial charge in [-0.1, -0.05) is 35.3 Å². The Morgan fingerprint density at radius 1 is 1.10 bits per heavy atom. The monoisotopic (exact) mass is 319 g/mol. The van der Waals surface area contributed by atoms with E-state index in [0.29, 0.717) is 15.8 Å². The van der Waals surface area contributed by atoms with Gasteiger partial charge >= 0.3 is 6.09 Å². The van der Waals surface area contributed by atoms with Gasteiger partial charge in [-0.3, -0.25) is 4.90 Å². The first-order valence-corrected chi connectivity index (χ1v) is 7.03. The maximum Gasteiger partial charge on any atom is 0.419 e. The van der Waals surface area contributed by atoms with Crippen LogP contribution in [0.2, 0.25) is 10.0 Å². The molecule has 0 spiro atoms. The summed E-state index contributed by atoms with van der Waals surface area (Å²) < 4.78 is 5.37. The van der Waals surface area contributed by atoms with Crippen molar-refractivity contribution in [2.45, 2.75) is 0 Å². The Morgan fingerprint density at radius 2 is 1.76 bits per heavy atom. The first-order valence-electron chi connectivity index (χ1n) is 6.27. The van der Waals surface area contributed by atoms with Gasteiger partial charge in [0.15, 0.2) is 0 Å². The number of ether oxygens (including phenoxy) is 1. The van der Waals surface area contributed by atoms with Gasteiger partial charge in [-0.2, -0.15) is 0 Å². The Morgan fingerprint density at radius 3 is 2.48 bits per heavy atom. The average molecular weight is 320 g/mol. The van der Waals surface area contributed by atoms with Crippen molar-refractivity contribution in [3.05, 3.63) is 63.6 Å². The molecule has 3 nitrogen and oxygen atoms in total. The number of para-hydroxylation sites is 1. The molecule has 2 aromatic rings. The van der Waals surface area contributed by atoms with E-state index in [0.717, 1.165) is 16.8 Å². The highest BCUT2D eigenvalue weighted by Crippen LogP contribution is 2.34. The molecule has 1 amide bonds. The number of rotatable bonds is 1. The molecular weight excluding hydrogens is 309 g/mol. The number of hydrogen-bond donors (Lipinski definition) is 0. The molecule has 0 fully saturated rings. The second-order valence-corrected chi connectivity index (χ2v) is 5.53. The van der Waals surface area contributed by atoms with Gasteiger partial charge in [0, 0.05) is 22.7 Å². The molecule has 0 atom stereocenters. The Kier molecular flexibility index (Phi) is 3.62. The maximum absolute atomic E-state index is 11.9. The molecule has 106 valence electrons. The van der Waals surface area contributed by atoms with Crippen LogP contribution in [0.5, 0.6) is 0 Å². The summed E-state index contributed by atoms with van der Waals surface area (Å²) in [7, 11) is 1.67. The Balaban J connectivity index is 2.12. The molecule has 1 aliphatic rings. The van der Waals surface area contributed by atoms with Crippen LogP contribution in [0, 0.1) is 0 Å². The smallest absolute Gasteiger partial charge is 0.409 e. The molecule has 0 unspecified atom stereocenters. The van der Waals surface area contributed by atoms with Crippen LogP contribution in [-0.2, 0) is 4.74 Å². The van der Waals surface area contributed by atoms with Crippen LogP contribution in [-0.4, -0.2) is 13.1 Å². The van der Waals surface area contributed by atoms with E-state index in [2.05, 4.69) is 0 Å². The van der Waals surface area contributed by atoms with Gasteiger partial charge in [0.2, 0.25) is 0 Å². The second kappa shape index (κ2) is 5.43. The largest absolute Gasteiger partial charge is 0.419 e. The highest BCUT2D eigenvalue weighted by molar-refractivity contribution is 6.34. The van der Waals surface area contributed by atoms with E-state index < -0.39 is 6.09 Å². The molecular formula is C16H11Cl2NO2. The number of amides is 1. The topological polar surface area (TPSA) is 29.5 Å². The summed E-state index contributed by atoms with van der Waals surface area (Å²) in [6.45, 7) is 0. The molecule has 0 radical (unpaired) electrons. The molecule has 0 saturated heterocycles. The number of benzene rings is 2. The van der Waals surface area contributed by atoms with E-state index in [4.69, 9.17) is 27.9 Å². The number of nitrogens with zero attached hydrogens (tertiary/aromatic N) is 1. The van der Waals surface area contributed by atoms with Crippen LogP contribution >= 0.6 is 23.2 Å². The number of cyclic esters (lactones) is 1. The van der Waals surface area contributed by atoms with Gasteiger partial charge < -0.3 is 4.74 Å². The third kappa shape index (κ3) is 2.75. The van der Waals surface area contributed by atoms with Crippen molar-refractivity contribution >= 4 is 46.8 Å². The molecule has 0 saturated carbocycles. The van der Waals surface area contributed by atoms with E-state index in [1.165, 1.54) is 4.90 Å². The van der Waals surface area contributed by atoms with Crippen molar-refractivity contribution in [2.24, 2.45) is 0 Å². The van der Waals surface area contributed by atoms with Gasteiger partial charge in [-0.25, -0.2) is 4.79 Å². The van der Waals surface area contributed by atoms with Gasteiger partial charge in [0.25, 0.3) is 0 Å². The molecule has 1 heterocycles. The van der Waals surface area contributed by atoms with Crippen LogP contribution in [0.1, 0.15) is 11.1 Å². The molecule has 2 aromatic carbocycles. The van der Waals surface area contributed by atoms with Crippen molar-refractivity contribution in [1.82, 2.24) is 0 Å². The maximum atomic E-state index is 11.9. The fourth-order valence-electron chi connectivity index (χ4n) is 2.21. The van der Waals surface area contributed by atoms with Gasteiger partial charge in [-0.05, 0) is 42.0 Å². The molecule has 0 aromatic heterocycles. The SMILES string of the molecule is CN1C(=O)O/C(=C\c2cc(Cl)cc(Cl)c2)c2ccccc21. The predicted octanol–water partition coefficient (Wildman–Crippen LogP) is 5.08. The Labute approximate surface area is 132 Å². The summed E-state index contributed by atoms with van der Waals surface area (Å²) in [5.41, 5.74) is 2.42. The minimum Gasteiger partial charge on any atom is -0.409 e. The van der Waals surface area contributed by atoms with Crippen LogP contribution < -0.4 is 4.90 Å². The fraction of sp³-hybridized carbons (Fsp3) is 0.0625. The number of carbonyl (C=O) groups excluding carboxylic acids is 1. The number of carbonyl (C=O) groups is 1. The quantitative estimate of drug-likeness (QED) is 0.733. The predicted molar refractivity (Wildman–Crippen MR) is 85.7 cm³/mol. The summed E-state index contributed by atoms with van der Waals surface area (Å²) in [5, 5.41) is 1.06. The van der Waals surface area contributed by atoms with Crippen molar-refractivity contribution in [3.63, 3.8) is 0 Å². The third-order valence-corrected chi connectivity index (χ3v) is 3.62. The lowest BCUT2D eigenvalue weighted by Crippen LogP contribution is -2.31. The van der Waals surface area contributed by atoms with E-state index >= 15 is 0 Å². The molecule has 21 heavy (non-hydrogen) atoms. The van der Waals surface area contributed by atoms with Crippen LogP contribution in [0.25, 0.3) is 11.8 Å². The molecule has 3 rings (SSSR count). The summed E-state index contributed by atoms with van der Waals surface area (Å²) >= 11 is 12.0. The molecule has 0 N–H and O–H groups in total. The molecule has 0 bridgehead atoms. The highest BCUT2D eigenvalue weighted by atomic mass is 35.5. The lowest BCUT2D eigenvalue weighted by molar-refractivity contribution is 0.199. The van der Waals surface area contributed by atoms with Crippen LogP contribution in [0.4, 0.5) is 10.5 Å². The lowest BCUT2D eigenvalue weighted by Gasteiger charge is -2.26. The number of fused-ring (bicyclic) bond motifs is 1. The third-order valence-electron chi connectivity index (χ3n) is 3.18. The van der Waals surface area contributed by atoms with Crippen molar-refractivity contribution in [2.75, 3.05) is 11.9 Å². The van der Waals surface area contributed by atoms with Crippen molar-refractivity contribution in [1.29, 1.82) is 0 Å². The van der Waals surface area contributed by atoms with Gasteiger partial charge in [0.05, 0.1) is 5.69 Å². The zero-order valence-corrected chi connectivity index (χ0v) is 12.7. The van der Waals surface area contributed by atoms with Crippen molar-refractivity contribution < 1.29 is 9.53 Å². The van der Waals surface area contributed by atoms with E-state index in [1.54, 1.807) is 31.3 Å². The minimum atomic E-state index is -0.423. The minimum absolute atomic E-state index is 0.423. The number of hydrogen-bond acceptors (Lipinski definition) is 2. The summed E-state index contributed by atoms with van der Waals surface area (Å²) in [5.74, 6) is 0.479. The Hall–Kier alpha value is -1.97. The van der Waals surface area contributed by atoms with E-state index in [9.17, 15) is 4.79 Å². The number of anilines is 1. The van der Waals surface area contributed by atoms with E-state index in [-0.39, 0.29) is 0 Å². The highest BCUT2D eigenvalue weighted by Gasteiger charge is 2.25. The first kappa shape index (κ1) is 14.0.